The predicted octanol–water partition coefficient (Wildman–Crippen LogP) is 2.53. The van der Waals surface area contributed by atoms with Gasteiger partial charge in [-0.2, -0.15) is 0 Å². The molecule has 0 bridgehead atoms. The number of hydrogen-bond acceptors (Lipinski definition) is 4. The molecule has 3 rings (SSSR count). The molecule has 0 aliphatic carbocycles. The quantitative estimate of drug-likeness (QED) is 0.937. The van der Waals surface area contributed by atoms with Crippen molar-refractivity contribution in [1.29, 1.82) is 0 Å². The van der Waals surface area contributed by atoms with Gasteiger partial charge in [0.15, 0.2) is 5.76 Å². The Morgan fingerprint density at radius 3 is 2.90 bits per heavy atom. The number of likely N-dealkylation sites (tertiary alicyclic amines) is 1. The smallest absolute Gasteiger partial charge is 0.320 e. The average molecular weight is 290 g/mol. The molecule has 1 saturated heterocycles. The minimum atomic E-state index is -0.808. The Morgan fingerprint density at radius 1 is 1.43 bits per heavy atom. The predicted molar refractivity (Wildman–Crippen MR) is 73.0 cm³/mol. The minimum absolute atomic E-state index is 0.306. The first-order valence-corrected chi connectivity index (χ1v) is 6.81. The van der Waals surface area contributed by atoms with E-state index in [9.17, 15) is 9.18 Å². The van der Waals surface area contributed by atoms with Crippen molar-refractivity contribution in [3.05, 3.63) is 42.2 Å². The van der Waals surface area contributed by atoms with Crippen molar-refractivity contribution < 1.29 is 18.7 Å². The van der Waals surface area contributed by atoms with Crippen LogP contribution in [0.3, 0.4) is 0 Å². The highest BCUT2D eigenvalue weighted by Gasteiger charge is 2.31. The Hall–Kier alpha value is -2.21. The van der Waals surface area contributed by atoms with Gasteiger partial charge in [-0.05, 0) is 43.7 Å². The molecule has 5 nitrogen and oxygen atoms in total. The monoisotopic (exact) mass is 290 g/mol. The molecule has 6 heteroatoms. The fourth-order valence-corrected chi connectivity index (χ4v) is 2.60. The van der Waals surface area contributed by atoms with Gasteiger partial charge in [0.25, 0.3) is 0 Å². The molecule has 110 valence electrons. The number of carbonyl (C=O) groups is 1. The first kappa shape index (κ1) is 13.8. The zero-order chi connectivity index (χ0) is 14.8. The molecule has 21 heavy (non-hydrogen) atoms. The van der Waals surface area contributed by atoms with E-state index < -0.39 is 12.0 Å². The number of benzene rings is 1. The lowest BCUT2D eigenvalue weighted by Gasteiger charge is -2.18. The molecule has 0 saturated carbocycles. The van der Waals surface area contributed by atoms with E-state index in [2.05, 4.69) is 4.98 Å². The van der Waals surface area contributed by atoms with Crippen molar-refractivity contribution >= 4 is 5.97 Å². The molecule has 0 radical (unpaired) electrons. The van der Waals surface area contributed by atoms with E-state index >= 15 is 0 Å². The summed E-state index contributed by atoms with van der Waals surface area (Å²) in [6.45, 7) is 1.10. The zero-order valence-electron chi connectivity index (χ0n) is 11.3. The number of aromatic nitrogens is 1. The SMILES string of the molecule is O=C(O)[C@H]1CCCN1Cc1ncc(-c2ccc(F)cc2)o1. The van der Waals surface area contributed by atoms with Crippen molar-refractivity contribution in [2.45, 2.75) is 25.4 Å². The zero-order valence-corrected chi connectivity index (χ0v) is 11.3. The number of halogens is 1. The Kier molecular flexibility index (Phi) is 3.70. The molecule has 1 aromatic heterocycles. The second-order valence-corrected chi connectivity index (χ2v) is 5.09. The van der Waals surface area contributed by atoms with Crippen LogP contribution in [0.2, 0.25) is 0 Å². The molecule has 1 aromatic carbocycles. The van der Waals surface area contributed by atoms with Crippen LogP contribution in [0.4, 0.5) is 4.39 Å². The van der Waals surface area contributed by atoms with Crippen LogP contribution in [0, 0.1) is 5.82 Å². The van der Waals surface area contributed by atoms with Crippen LogP contribution in [-0.2, 0) is 11.3 Å². The van der Waals surface area contributed by atoms with E-state index in [0.717, 1.165) is 18.5 Å². The van der Waals surface area contributed by atoms with E-state index in [1.807, 2.05) is 4.90 Å². The maximum Gasteiger partial charge on any atom is 0.320 e. The van der Waals surface area contributed by atoms with Crippen LogP contribution in [-0.4, -0.2) is 33.5 Å². The highest BCUT2D eigenvalue weighted by atomic mass is 19.1. The van der Waals surface area contributed by atoms with Gasteiger partial charge in [0.1, 0.15) is 11.9 Å². The normalized spacial score (nSPS) is 19.0. The highest BCUT2D eigenvalue weighted by Crippen LogP contribution is 2.24. The van der Waals surface area contributed by atoms with Gasteiger partial charge in [0.2, 0.25) is 5.89 Å². The summed E-state index contributed by atoms with van der Waals surface area (Å²) >= 11 is 0. The Labute approximate surface area is 121 Å². The fraction of sp³-hybridized carbons (Fsp3) is 0.333. The van der Waals surface area contributed by atoms with Gasteiger partial charge < -0.3 is 9.52 Å². The van der Waals surface area contributed by atoms with E-state index in [1.54, 1.807) is 18.3 Å². The third kappa shape index (κ3) is 2.95. The number of hydrogen-bond donors (Lipinski definition) is 1. The molecule has 0 unspecified atom stereocenters. The van der Waals surface area contributed by atoms with Crippen molar-refractivity contribution in [2.75, 3.05) is 6.54 Å². The van der Waals surface area contributed by atoms with E-state index in [0.29, 0.717) is 24.6 Å². The molecule has 1 N–H and O–H groups in total. The van der Waals surface area contributed by atoms with Crippen molar-refractivity contribution in [2.24, 2.45) is 0 Å². The second kappa shape index (κ2) is 5.65. The summed E-state index contributed by atoms with van der Waals surface area (Å²) in [5.74, 6) is -0.0868. The van der Waals surface area contributed by atoms with Crippen LogP contribution in [0.25, 0.3) is 11.3 Å². The third-order valence-corrected chi connectivity index (χ3v) is 3.67. The highest BCUT2D eigenvalue weighted by molar-refractivity contribution is 5.73. The Morgan fingerprint density at radius 2 is 2.19 bits per heavy atom. The molecular formula is C15H15FN2O3. The molecule has 1 aliphatic heterocycles. The first-order chi connectivity index (χ1) is 10.1. The van der Waals surface area contributed by atoms with Crippen molar-refractivity contribution in [3.8, 4) is 11.3 Å². The maximum absolute atomic E-state index is 12.9. The van der Waals surface area contributed by atoms with E-state index in [4.69, 9.17) is 9.52 Å². The molecule has 0 amide bonds. The number of oxazole rings is 1. The lowest BCUT2D eigenvalue weighted by Crippen LogP contribution is -2.35. The molecule has 1 fully saturated rings. The minimum Gasteiger partial charge on any atom is -0.480 e. The molecule has 1 aliphatic rings. The number of carboxylic acid groups (broad SMARTS) is 1. The van der Waals surface area contributed by atoms with Gasteiger partial charge in [-0.3, -0.25) is 9.69 Å². The van der Waals surface area contributed by atoms with Gasteiger partial charge in [0.05, 0.1) is 12.7 Å². The van der Waals surface area contributed by atoms with Crippen LogP contribution in [0.15, 0.2) is 34.9 Å². The van der Waals surface area contributed by atoms with Gasteiger partial charge in [-0.1, -0.05) is 0 Å². The second-order valence-electron chi connectivity index (χ2n) is 5.09. The largest absolute Gasteiger partial charge is 0.480 e. The van der Waals surface area contributed by atoms with Gasteiger partial charge in [-0.15, -0.1) is 0 Å². The number of nitrogens with zero attached hydrogens (tertiary/aromatic N) is 2. The lowest BCUT2D eigenvalue weighted by molar-refractivity contribution is -0.142. The lowest BCUT2D eigenvalue weighted by atomic mass is 10.2. The van der Waals surface area contributed by atoms with Crippen LogP contribution >= 0.6 is 0 Å². The summed E-state index contributed by atoms with van der Waals surface area (Å²) in [5.41, 5.74) is 0.742. The third-order valence-electron chi connectivity index (χ3n) is 3.67. The molecule has 2 aromatic rings. The summed E-state index contributed by atoms with van der Waals surface area (Å²) in [7, 11) is 0. The standard InChI is InChI=1S/C15H15FN2O3/c16-11-5-3-10(4-6-11)13-8-17-14(21-13)9-18-7-1-2-12(18)15(19)20/h3-6,8,12H,1-2,7,9H2,(H,19,20)/t12-/m1/s1. The number of carboxylic acids is 1. The van der Waals surface area contributed by atoms with Gasteiger partial charge in [-0.25, -0.2) is 9.37 Å². The van der Waals surface area contributed by atoms with Crippen LogP contribution < -0.4 is 0 Å². The van der Waals surface area contributed by atoms with Gasteiger partial charge >= 0.3 is 5.97 Å². The fourth-order valence-electron chi connectivity index (χ4n) is 2.60. The molecular weight excluding hydrogens is 275 g/mol. The van der Waals surface area contributed by atoms with E-state index in [1.165, 1.54) is 12.1 Å². The summed E-state index contributed by atoms with van der Waals surface area (Å²) in [5, 5.41) is 9.14. The Balaban J connectivity index is 1.73. The topological polar surface area (TPSA) is 66.6 Å². The molecule has 1 atom stereocenters. The number of rotatable bonds is 4. The van der Waals surface area contributed by atoms with Crippen molar-refractivity contribution in [1.82, 2.24) is 9.88 Å². The maximum atomic E-state index is 12.9. The summed E-state index contributed by atoms with van der Waals surface area (Å²) in [6.07, 6.45) is 3.10. The average Bonchev–Trinajstić information content (AvgIpc) is 3.09. The van der Waals surface area contributed by atoms with Gasteiger partial charge in [0, 0.05) is 5.56 Å². The summed E-state index contributed by atoms with van der Waals surface area (Å²) in [4.78, 5) is 17.2. The van der Waals surface area contributed by atoms with Crippen LogP contribution in [0.5, 0.6) is 0 Å². The van der Waals surface area contributed by atoms with Crippen molar-refractivity contribution in [3.63, 3.8) is 0 Å². The Bertz CT molecular complexity index is 639. The summed E-state index contributed by atoms with van der Waals surface area (Å²) in [6, 6.07) is 5.49. The number of aliphatic carboxylic acids is 1. The summed E-state index contributed by atoms with van der Waals surface area (Å²) < 4.78 is 18.5. The first-order valence-electron chi connectivity index (χ1n) is 6.81. The molecule has 2 heterocycles. The molecule has 0 spiro atoms. The van der Waals surface area contributed by atoms with E-state index in [-0.39, 0.29) is 5.82 Å². The van der Waals surface area contributed by atoms with Crippen LogP contribution in [0.1, 0.15) is 18.7 Å².